The van der Waals surface area contributed by atoms with Gasteiger partial charge in [0.25, 0.3) is 11.5 Å². The van der Waals surface area contributed by atoms with E-state index in [1.807, 2.05) is 11.8 Å². The van der Waals surface area contributed by atoms with Gasteiger partial charge in [-0.1, -0.05) is 13.8 Å². The van der Waals surface area contributed by atoms with Crippen LogP contribution in [0.15, 0.2) is 23.1 Å². The number of amides is 1. The minimum Gasteiger partial charge on any atom is -0.337 e. The van der Waals surface area contributed by atoms with Crippen LogP contribution in [0.4, 0.5) is 0 Å². The third-order valence-corrected chi connectivity index (χ3v) is 5.58. The SMILES string of the molecule is CCn1ccc(C(=O)N2CCCN(CC3CC3)C(C(C)C)C2)cc1=O. The van der Waals surface area contributed by atoms with Crippen molar-refractivity contribution < 1.29 is 4.79 Å². The molecule has 0 aromatic carbocycles. The van der Waals surface area contributed by atoms with Crippen LogP contribution in [0, 0.1) is 11.8 Å². The van der Waals surface area contributed by atoms with Crippen molar-refractivity contribution >= 4 is 5.91 Å². The number of carbonyl (C=O) groups is 1. The fourth-order valence-electron chi connectivity index (χ4n) is 3.82. The lowest BCUT2D eigenvalue weighted by atomic mass is 10.0. The predicted octanol–water partition coefficient (Wildman–Crippen LogP) is 2.45. The molecule has 0 spiro atoms. The molecule has 25 heavy (non-hydrogen) atoms. The zero-order valence-corrected chi connectivity index (χ0v) is 15.8. The summed E-state index contributed by atoms with van der Waals surface area (Å²) in [5.74, 6) is 1.38. The molecule has 3 rings (SSSR count). The van der Waals surface area contributed by atoms with Gasteiger partial charge in [0.2, 0.25) is 0 Å². The molecule has 2 heterocycles. The Labute approximate surface area is 150 Å². The number of nitrogens with zero attached hydrogens (tertiary/aromatic N) is 3. The first kappa shape index (κ1) is 18.2. The molecule has 0 N–H and O–H groups in total. The Morgan fingerprint density at radius 3 is 2.64 bits per heavy atom. The van der Waals surface area contributed by atoms with Gasteiger partial charge in [-0.3, -0.25) is 14.5 Å². The fraction of sp³-hybridized carbons (Fsp3) is 0.700. The van der Waals surface area contributed by atoms with Crippen molar-refractivity contribution in [3.05, 3.63) is 34.2 Å². The van der Waals surface area contributed by atoms with E-state index in [0.717, 1.165) is 32.0 Å². The number of aryl methyl sites for hydroxylation is 1. The molecule has 1 amide bonds. The Bertz CT molecular complexity index is 663. The highest BCUT2D eigenvalue weighted by atomic mass is 16.2. The standard InChI is InChI=1S/C20H31N3O2/c1-4-21-11-8-17(12-19(21)24)20(25)23-10-5-9-22(13-16-6-7-16)18(14-23)15(2)3/h8,11-12,15-16,18H,4-7,9-10,13-14H2,1-3H3. The second-order valence-electron chi connectivity index (χ2n) is 7.89. The van der Waals surface area contributed by atoms with Crippen molar-refractivity contribution in [2.75, 3.05) is 26.2 Å². The fourth-order valence-corrected chi connectivity index (χ4v) is 3.82. The molecule has 2 fully saturated rings. The lowest BCUT2D eigenvalue weighted by Gasteiger charge is -2.34. The highest BCUT2D eigenvalue weighted by Gasteiger charge is 2.33. The molecule has 1 atom stereocenters. The molecule has 5 nitrogen and oxygen atoms in total. The van der Waals surface area contributed by atoms with Gasteiger partial charge in [0.1, 0.15) is 0 Å². The van der Waals surface area contributed by atoms with Crippen LogP contribution in [-0.4, -0.2) is 52.5 Å². The van der Waals surface area contributed by atoms with Gasteiger partial charge in [0.15, 0.2) is 0 Å². The largest absolute Gasteiger partial charge is 0.337 e. The number of hydrogen-bond acceptors (Lipinski definition) is 3. The third kappa shape index (κ3) is 4.32. The van der Waals surface area contributed by atoms with Gasteiger partial charge in [0, 0.05) is 56.6 Å². The van der Waals surface area contributed by atoms with Crippen LogP contribution in [0.3, 0.4) is 0 Å². The summed E-state index contributed by atoms with van der Waals surface area (Å²) in [4.78, 5) is 29.6. The van der Waals surface area contributed by atoms with Crippen LogP contribution >= 0.6 is 0 Å². The summed E-state index contributed by atoms with van der Waals surface area (Å²) in [7, 11) is 0. The van der Waals surface area contributed by atoms with E-state index in [-0.39, 0.29) is 11.5 Å². The van der Waals surface area contributed by atoms with Crippen LogP contribution in [0.25, 0.3) is 0 Å². The molecular weight excluding hydrogens is 314 g/mol. The number of rotatable bonds is 5. The lowest BCUT2D eigenvalue weighted by Crippen LogP contribution is -2.46. The van der Waals surface area contributed by atoms with Crippen LogP contribution < -0.4 is 5.56 Å². The Balaban J connectivity index is 1.75. The van der Waals surface area contributed by atoms with Gasteiger partial charge < -0.3 is 9.47 Å². The summed E-state index contributed by atoms with van der Waals surface area (Å²) < 4.78 is 1.62. The van der Waals surface area contributed by atoms with E-state index in [1.54, 1.807) is 16.8 Å². The number of hydrogen-bond donors (Lipinski definition) is 0. The maximum absolute atomic E-state index is 13.0. The molecule has 1 aromatic heterocycles. The van der Waals surface area contributed by atoms with Crippen molar-refractivity contribution in [1.29, 1.82) is 0 Å². The maximum atomic E-state index is 13.0. The second kappa shape index (κ2) is 7.73. The first-order valence-corrected chi connectivity index (χ1v) is 9.73. The predicted molar refractivity (Wildman–Crippen MR) is 99.8 cm³/mol. The summed E-state index contributed by atoms with van der Waals surface area (Å²) in [6.07, 6.45) is 5.45. The van der Waals surface area contributed by atoms with E-state index < -0.39 is 0 Å². The third-order valence-electron chi connectivity index (χ3n) is 5.58. The highest BCUT2D eigenvalue weighted by molar-refractivity contribution is 5.94. The van der Waals surface area contributed by atoms with Crippen molar-refractivity contribution in [2.24, 2.45) is 11.8 Å². The Hall–Kier alpha value is -1.62. The summed E-state index contributed by atoms with van der Waals surface area (Å²) in [6.45, 7) is 10.8. The lowest BCUT2D eigenvalue weighted by molar-refractivity contribution is 0.0704. The van der Waals surface area contributed by atoms with Gasteiger partial charge in [-0.25, -0.2) is 0 Å². The Kier molecular flexibility index (Phi) is 5.62. The molecule has 0 radical (unpaired) electrons. The Morgan fingerprint density at radius 2 is 2.04 bits per heavy atom. The molecular formula is C20H31N3O2. The van der Waals surface area contributed by atoms with E-state index in [1.165, 1.54) is 25.5 Å². The molecule has 1 unspecified atom stereocenters. The first-order chi connectivity index (χ1) is 12.0. The van der Waals surface area contributed by atoms with E-state index in [4.69, 9.17) is 0 Å². The zero-order chi connectivity index (χ0) is 18.0. The first-order valence-electron chi connectivity index (χ1n) is 9.73. The zero-order valence-electron chi connectivity index (χ0n) is 15.8. The second-order valence-corrected chi connectivity index (χ2v) is 7.89. The minimum atomic E-state index is -0.0982. The summed E-state index contributed by atoms with van der Waals surface area (Å²) in [6, 6.07) is 3.68. The van der Waals surface area contributed by atoms with Crippen molar-refractivity contribution in [1.82, 2.24) is 14.4 Å². The monoisotopic (exact) mass is 345 g/mol. The molecule has 1 saturated carbocycles. The highest BCUT2D eigenvalue weighted by Crippen LogP contribution is 2.32. The molecule has 1 saturated heterocycles. The maximum Gasteiger partial charge on any atom is 0.254 e. The summed E-state index contributed by atoms with van der Waals surface area (Å²) in [5.41, 5.74) is 0.423. The van der Waals surface area contributed by atoms with Crippen molar-refractivity contribution in [2.45, 2.75) is 52.6 Å². The van der Waals surface area contributed by atoms with Gasteiger partial charge >= 0.3 is 0 Å². The van der Waals surface area contributed by atoms with Crippen LogP contribution in [0.5, 0.6) is 0 Å². The normalized spacial score (nSPS) is 22.2. The quantitative estimate of drug-likeness (QED) is 0.823. The smallest absolute Gasteiger partial charge is 0.254 e. The van der Waals surface area contributed by atoms with Gasteiger partial charge in [0.05, 0.1) is 0 Å². The number of aromatic nitrogens is 1. The molecule has 5 heteroatoms. The number of pyridine rings is 1. The average molecular weight is 345 g/mol. The van der Waals surface area contributed by atoms with E-state index >= 15 is 0 Å². The van der Waals surface area contributed by atoms with E-state index in [9.17, 15) is 9.59 Å². The number of carbonyl (C=O) groups excluding carboxylic acids is 1. The molecule has 138 valence electrons. The summed E-state index contributed by atoms with van der Waals surface area (Å²) in [5, 5.41) is 0. The molecule has 1 aromatic rings. The molecule has 0 bridgehead atoms. The van der Waals surface area contributed by atoms with E-state index in [0.29, 0.717) is 24.1 Å². The topological polar surface area (TPSA) is 45.6 Å². The van der Waals surface area contributed by atoms with Gasteiger partial charge in [-0.2, -0.15) is 0 Å². The van der Waals surface area contributed by atoms with Crippen LogP contribution in [-0.2, 0) is 6.54 Å². The van der Waals surface area contributed by atoms with Gasteiger partial charge in [-0.15, -0.1) is 0 Å². The summed E-state index contributed by atoms with van der Waals surface area (Å²) >= 11 is 0. The van der Waals surface area contributed by atoms with Crippen LogP contribution in [0.1, 0.15) is 50.4 Å². The van der Waals surface area contributed by atoms with Gasteiger partial charge in [-0.05, 0) is 44.1 Å². The average Bonchev–Trinajstić information content (AvgIpc) is 3.41. The van der Waals surface area contributed by atoms with Crippen LogP contribution in [0.2, 0.25) is 0 Å². The molecule has 2 aliphatic rings. The van der Waals surface area contributed by atoms with E-state index in [2.05, 4.69) is 18.7 Å². The molecule has 1 aliphatic carbocycles. The van der Waals surface area contributed by atoms with Crippen molar-refractivity contribution in [3.63, 3.8) is 0 Å². The van der Waals surface area contributed by atoms with Crippen molar-refractivity contribution in [3.8, 4) is 0 Å². The minimum absolute atomic E-state index is 0.000671. The molecule has 1 aliphatic heterocycles. The Morgan fingerprint density at radius 1 is 1.28 bits per heavy atom.